The molecule has 0 amide bonds. The summed E-state index contributed by atoms with van der Waals surface area (Å²) in [7, 11) is -3.46. The molecule has 5 heteroatoms. The molecule has 0 radical (unpaired) electrons. The van der Waals surface area contributed by atoms with E-state index in [0.29, 0.717) is 6.42 Å². The molecule has 0 bridgehead atoms. The Morgan fingerprint density at radius 3 is 2.28 bits per heavy atom. The Hall–Kier alpha value is -0.910. The number of sulfonamides is 1. The number of hydrogen-bond donors (Lipinski definition) is 2. The highest BCUT2D eigenvalue weighted by Gasteiger charge is 2.22. The van der Waals surface area contributed by atoms with Gasteiger partial charge in [0.25, 0.3) is 0 Å². The standard InChI is InChI=1S/C13H21NO3S/c1-13(2,3)12(15)9-10-14-18(16,17)11-7-5-4-6-8-11/h4-8,12,14-15H,9-10H2,1-3H3/t12-/m0/s1. The highest BCUT2D eigenvalue weighted by Crippen LogP contribution is 2.21. The van der Waals surface area contributed by atoms with E-state index in [1.165, 1.54) is 0 Å². The largest absolute Gasteiger partial charge is 0.393 e. The molecule has 0 saturated heterocycles. The average molecular weight is 271 g/mol. The molecule has 1 aromatic rings. The van der Waals surface area contributed by atoms with E-state index in [0.717, 1.165) is 0 Å². The van der Waals surface area contributed by atoms with Crippen molar-refractivity contribution in [2.45, 2.75) is 38.2 Å². The van der Waals surface area contributed by atoms with Crippen LogP contribution < -0.4 is 4.72 Å². The molecule has 4 nitrogen and oxygen atoms in total. The summed E-state index contributed by atoms with van der Waals surface area (Å²) in [5, 5.41) is 9.82. The van der Waals surface area contributed by atoms with Crippen LogP contribution in [0.3, 0.4) is 0 Å². The first-order chi connectivity index (χ1) is 8.23. The van der Waals surface area contributed by atoms with Gasteiger partial charge in [-0.3, -0.25) is 0 Å². The molecular weight excluding hydrogens is 250 g/mol. The van der Waals surface area contributed by atoms with Gasteiger partial charge in [0, 0.05) is 6.54 Å². The van der Waals surface area contributed by atoms with Crippen molar-refractivity contribution in [1.29, 1.82) is 0 Å². The predicted molar refractivity (Wildman–Crippen MR) is 71.7 cm³/mol. The summed E-state index contributed by atoms with van der Waals surface area (Å²) in [5.41, 5.74) is -0.238. The smallest absolute Gasteiger partial charge is 0.240 e. The molecule has 0 aliphatic heterocycles. The minimum atomic E-state index is -3.46. The van der Waals surface area contributed by atoms with Gasteiger partial charge in [0.2, 0.25) is 10.0 Å². The maximum atomic E-state index is 11.9. The Balaban J connectivity index is 2.54. The Morgan fingerprint density at radius 1 is 1.22 bits per heavy atom. The van der Waals surface area contributed by atoms with Crippen LogP contribution >= 0.6 is 0 Å². The third-order valence-corrected chi connectivity index (χ3v) is 4.24. The van der Waals surface area contributed by atoms with Crippen LogP contribution in [0.15, 0.2) is 35.2 Å². The zero-order chi connectivity index (χ0) is 13.8. The van der Waals surface area contributed by atoms with Gasteiger partial charge in [0.05, 0.1) is 11.0 Å². The Labute approximate surface area is 109 Å². The summed E-state index contributed by atoms with van der Waals surface area (Å²) >= 11 is 0. The van der Waals surface area contributed by atoms with Crippen molar-refractivity contribution >= 4 is 10.0 Å². The van der Waals surface area contributed by atoms with E-state index >= 15 is 0 Å². The van der Waals surface area contributed by atoms with Gasteiger partial charge in [-0.2, -0.15) is 0 Å². The van der Waals surface area contributed by atoms with Crippen molar-refractivity contribution in [3.05, 3.63) is 30.3 Å². The van der Waals surface area contributed by atoms with Gasteiger partial charge in [0.15, 0.2) is 0 Å². The van der Waals surface area contributed by atoms with Crippen LogP contribution in [0.5, 0.6) is 0 Å². The molecule has 0 aromatic heterocycles. The number of rotatable bonds is 5. The Morgan fingerprint density at radius 2 is 1.78 bits per heavy atom. The van der Waals surface area contributed by atoms with E-state index in [9.17, 15) is 13.5 Å². The second kappa shape index (κ2) is 5.82. The average Bonchev–Trinajstić information content (AvgIpc) is 2.28. The third-order valence-electron chi connectivity index (χ3n) is 2.76. The van der Waals surface area contributed by atoms with Crippen molar-refractivity contribution in [2.24, 2.45) is 5.41 Å². The highest BCUT2D eigenvalue weighted by atomic mass is 32.2. The van der Waals surface area contributed by atoms with Crippen molar-refractivity contribution in [3.63, 3.8) is 0 Å². The molecule has 102 valence electrons. The summed E-state index contributed by atoms with van der Waals surface area (Å²) in [6.45, 7) is 5.99. The fourth-order valence-electron chi connectivity index (χ4n) is 1.45. The molecule has 1 aromatic carbocycles. The van der Waals surface area contributed by atoms with Crippen molar-refractivity contribution in [2.75, 3.05) is 6.54 Å². The topological polar surface area (TPSA) is 66.4 Å². The van der Waals surface area contributed by atoms with Gasteiger partial charge in [0.1, 0.15) is 0 Å². The van der Waals surface area contributed by atoms with Gasteiger partial charge >= 0.3 is 0 Å². The van der Waals surface area contributed by atoms with Crippen LogP contribution in [0.4, 0.5) is 0 Å². The van der Waals surface area contributed by atoms with Crippen LogP contribution in [0, 0.1) is 5.41 Å². The molecule has 0 aliphatic carbocycles. The lowest BCUT2D eigenvalue weighted by Crippen LogP contribution is -2.32. The molecule has 0 heterocycles. The second-order valence-corrected chi connectivity index (χ2v) is 7.15. The maximum Gasteiger partial charge on any atom is 0.240 e. The SMILES string of the molecule is CC(C)(C)[C@@H](O)CCNS(=O)(=O)c1ccccc1. The van der Waals surface area contributed by atoms with Crippen LogP contribution in [-0.4, -0.2) is 26.2 Å². The van der Waals surface area contributed by atoms with Crippen molar-refractivity contribution < 1.29 is 13.5 Å². The van der Waals surface area contributed by atoms with Crippen LogP contribution in [0.1, 0.15) is 27.2 Å². The fraction of sp³-hybridized carbons (Fsp3) is 0.538. The van der Waals surface area contributed by atoms with Crippen molar-refractivity contribution in [3.8, 4) is 0 Å². The molecule has 0 unspecified atom stereocenters. The number of nitrogens with one attached hydrogen (secondary N) is 1. The normalized spacial score (nSPS) is 14.4. The third kappa shape index (κ3) is 4.40. The molecule has 18 heavy (non-hydrogen) atoms. The highest BCUT2D eigenvalue weighted by molar-refractivity contribution is 7.89. The van der Waals surface area contributed by atoms with E-state index in [4.69, 9.17) is 0 Å². The van der Waals surface area contributed by atoms with Gasteiger partial charge in [-0.15, -0.1) is 0 Å². The van der Waals surface area contributed by atoms with E-state index < -0.39 is 16.1 Å². The summed E-state index contributed by atoms with van der Waals surface area (Å²) in [4.78, 5) is 0.246. The monoisotopic (exact) mass is 271 g/mol. The van der Waals surface area contributed by atoms with E-state index in [-0.39, 0.29) is 16.9 Å². The quantitative estimate of drug-likeness (QED) is 0.857. The summed E-state index contributed by atoms with van der Waals surface area (Å²) in [6.07, 6.45) is -0.133. The van der Waals surface area contributed by atoms with E-state index in [2.05, 4.69) is 4.72 Å². The molecule has 0 saturated carbocycles. The number of aliphatic hydroxyl groups is 1. The number of benzene rings is 1. The fourth-order valence-corrected chi connectivity index (χ4v) is 2.51. The molecular formula is C13H21NO3S. The molecule has 0 fully saturated rings. The Kier molecular flexibility index (Phi) is 4.90. The Bertz CT molecular complexity index is 463. The maximum absolute atomic E-state index is 11.9. The van der Waals surface area contributed by atoms with Gasteiger partial charge in [-0.25, -0.2) is 13.1 Å². The van der Waals surface area contributed by atoms with E-state index in [1.54, 1.807) is 30.3 Å². The second-order valence-electron chi connectivity index (χ2n) is 5.38. The van der Waals surface area contributed by atoms with Gasteiger partial charge in [-0.05, 0) is 24.0 Å². The first kappa shape index (κ1) is 15.1. The molecule has 0 spiro atoms. The summed E-state index contributed by atoms with van der Waals surface area (Å²) in [5.74, 6) is 0. The molecule has 1 atom stereocenters. The predicted octanol–water partition coefficient (Wildman–Crippen LogP) is 1.76. The first-order valence-corrected chi connectivity index (χ1v) is 7.44. The molecule has 0 aliphatic rings. The van der Waals surface area contributed by atoms with E-state index in [1.807, 2.05) is 20.8 Å². The number of hydrogen-bond acceptors (Lipinski definition) is 3. The summed E-state index contributed by atoms with van der Waals surface area (Å²) in [6, 6.07) is 8.21. The zero-order valence-corrected chi connectivity index (χ0v) is 11.9. The molecule has 2 N–H and O–H groups in total. The van der Waals surface area contributed by atoms with Crippen LogP contribution in [0.25, 0.3) is 0 Å². The lowest BCUT2D eigenvalue weighted by molar-refractivity contribution is 0.0571. The van der Waals surface area contributed by atoms with Gasteiger partial charge < -0.3 is 5.11 Å². The lowest BCUT2D eigenvalue weighted by atomic mass is 9.87. The van der Waals surface area contributed by atoms with Crippen molar-refractivity contribution in [1.82, 2.24) is 4.72 Å². The summed E-state index contributed by atoms with van der Waals surface area (Å²) < 4.78 is 26.2. The molecule has 1 rings (SSSR count). The van der Waals surface area contributed by atoms with Crippen LogP contribution in [-0.2, 0) is 10.0 Å². The van der Waals surface area contributed by atoms with Gasteiger partial charge in [-0.1, -0.05) is 39.0 Å². The van der Waals surface area contributed by atoms with Crippen LogP contribution in [0.2, 0.25) is 0 Å². The zero-order valence-electron chi connectivity index (χ0n) is 11.1. The minimum Gasteiger partial charge on any atom is -0.393 e. The first-order valence-electron chi connectivity index (χ1n) is 5.96. The number of aliphatic hydroxyl groups excluding tert-OH is 1. The minimum absolute atomic E-state index is 0.232. The lowest BCUT2D eigenvalue weighted by Gasteiger charge is -2.25.